The summed E-state index contributed by atoms with van der Waals surface area (Å²) < 4.78 is 15.6. The van der Waals surface area contributed by atoms with E-state index >= 15 is 0 Å². The molecule has 6 nitrogen and oxygen atoms in total. The molecule has 132 valence electrons. The molecule has 1 rings (SSSR count). The van der Waals surface area contributed by atoms with Gasteiger partial charge in [-0.25, -0.2) is 9.59 Å². The lowest BCUT2D eigenvalue weighted by Crippen LogP contribution is -2.07. The van der Waals surface area contributed by atoms with Crippen LogP contribution in [0.25, 0.3) is 6.08 Å². The van der Waals surface area contributed by atoms with Crippen molar-refractivity contribution in [2.24, 2.45) is 0 Å². The molecule has 0 aliphatic heterocycles. The van der Waals surface area contributed by atoms with E-state index in [1.807, 2.05) is 6.07 Å². The van der Waals surface area contributed by atoms with Gasteiger partial charge in [0.15, 0.2) is 11.5 Å². The molecule has 0 bridgehead atoms. The van der Waals surface area contributed by atoms with Gasteiger partial charge in [-0.2, -0.15) is 5.26 Å². The first kappa shape index (κ1) is 20.0. The van der Waals surface area contributed by atoms with E-state index < -0.39 is 11.9 Å². The molecule has 0 atom stereocenters. The number of nitriles is 1. The lowest BCUT2D eigenvalue weighted by molar-refractivity contribution is -0.138. The fourth-order valence-electron chi connectivity index (χ4n) is 1.85. The molecule has 0 radical (unpaired) electrons. The Balaban J connectivity index is 3.15. The van der Waals surface area contributed by atoms with E-state index in [-0.39, 0.29) is 17.9 Å². The third-order valence-corrected chi connectivity index (χ3v) is 2.81. The lowest BCUT2D eigenvalue weighted by atomic mass is 10.1. The minimum atomic E-state index is -0.693. The predicted molar refractivity (Wildman–Crippen MR) is 92.9 cm³/mol. The van der Waals surface area contributed by atoms with E-state index in [0.717, 1.165) is 5.57 Å². The second kappa shape index (κ2) is 9.93. The standard InChI is InChI=1S/C19H21NO5/c1-5-23-17-11-14(10-15(12-20)19(22)24-6-2)7-8-16(17)25-18(21)9-13(3)4/h7-11H,5-6H2,1-4H3. The number of hydrogen-bond donors (Lipinski definition) is 0. The molecule has 0 saturated carbocycles. The van der Waals surface area contributed by atoms with Crippen LogP contribution in [0.15, 0.2) is 35.4 Å². The Kier molecular flexibility index (Phi) is 7.94. The Morgan fingerprint density at radius 3 is 2.44 bits per heavy atom. The summed E-state index contributed by atoms with van der Waals surface area (Å²) in [5, 5.41) is 9.09. The first-order chi connectivity index (χ1) is 11.9. The number of carbonyl (C=O) groups excluding carboxylic acids is 2. The Morgan fingerprint density at radius 2 is 1.88 bits per heavy atom. The molecule has 0 saturated heterocycles. The summed E-state index contributed by atoms with van der Waals surface area (Å²) in [6.07, 6.45) is 2.76. The van der Waals surface area contributed by atoms with E-state index in [4.69, 9.17) is 19.5 Å². The van der Waals surface area contributed by atoms with Crippen LogP contribution < -0.4 is 9.47 Å². The molecule has 0 unspecified atom stereocenters. The molecule has 0 spiro atoms. The summed E-state index contributed by atoms with van der Waals surface area (Å²) in [6.45, 7) is 7.58. The second-order valence-corrected chi connectivity index (χ2v) is 5.17. The summed E-state index contributed by atoms with van der Waals surface area (Å²) in [4.78, 5) is 23.5. The predicted octanol–water partition coefficient (Wildman–Crippen LogP) is 3.43. The first-order valence-corrected chi connectivity index (χ1v) is 7.83. The van der Waals surface area contributed by atoms with Crippen molar-refractivity contribution in [3.05, 3.63) is 41.0 Å². The largest absolute Gasteiger partial charge is 0.490 e. The highest BCUT2D eigenvalue weighted by Gasteiger charge is 2.13. The number of allylic oxidation sites excluding steroid dienone is 1. The maximum absolute atomic E-state index is 11.8. The number of benzene rings is 1. The fourth-order valence-corrected chi connectivity index (χ4v) is 1.85. The number of nitrogens with zero attached hydrogens (tertiary/aromatic N) is 1. The molecule has 1 aromatic rings. The van der Waals surface area contributed by atoms with Crippen molar-refractivity contribution in [3.8, 4) is 17.6 Å². The summed E-state index contributed by atoms with van der Waals surface area (Å²) in [7, 11) is 0. The van der Waals surface area contributed by atoms with Crippen molar-refractivity contribution in [1.82, 2.24) is 0 Å². The van der Waals surface area contributed by atoms with E-state index in [1.165, 1.54) is 12.2 Å². The van der Waals surface area contributed by atoms with Gasteiger partial charge in [0.2, 0.25) is 0 Å². The van der Waals surface area contributed by atoms with Gasteiger partial charge in [-0.15, -0.1) is 0 Å². The Bertz CT molecular complexity index is 737. The topological polar surface area (TPSA) is 85.6 Å². The minimum absolute atomic E-state index is 0.126. The zero-order valence-electron chi connectivity index (χ0n) is 14.8. The number of rotatable bonds is 7. The van der Waals surface area contributed by atoms with Gasteiger partial charge >= 0.3 is 11.9 Å². The molecule has 6 heteroatoms. The Labute approximate surface area is 147 Å². The van der Waals surface area contributed by atoms with Crippen LogP contribution in [0.3, 0.4) is 0 Å². The minimum Gasteiger partial charge on any atom is -0.490 e. The van der Waals surface area contributed by atoms with Gasteiger partial charge in [-0.05, 0) is 51.5 Å². The van der Waals surface area contributed by atoms with Crippen LogP contribution in [0.5, 0.6) is 11.5 Å². The molecule has 0 aromatic heterocycles. The number of ether oxygens (including phenoxy) is 3. The Morgan fingerprint density at radius 1 is 1.16 bits per heavy atom. The van der Waals surface area contributed by atoms with Crippen molar-refractivity contribution in [3.63, 3.8) is 0 Å². The summed E-state index contributed by atoms with van der Waals surface area (Å²) >= 11 is 0. The van der Waals surface area contributed by atoms with Gasteiger partial charge in [0.1, 0.15) is 11.6 Å². The summed E-state index contributed by atoms with van der Waals surface area (Å²) in [5.74, 6) is -0.598. The lowest BCUT2D eigenvalue weighted by Gasteiger charge is -2.11. The molecule has 0 aliphatic rings. The first-order valence-electron chi connectivity index (χ1n) is 7.83. The van der Waals surface area contributed by atoms with Gasteiger partial charge in [0, 0.05) is 6.08 Å². The van der Waals surface area contributed by atoms with Crippen molar-refractivity contribution in [2.45, 2.75) is 27.7 Å². The van der Waals surface area contributed by atoms with Crippen LogP contribution in [-0.2, 0) is 14.3 Å². The van der Waals surface area contributed by atoms with Gasteiger partial charge in [-0.3, -0.25) is 0 Å². The van der Waals surface area contributed by atoms with Gasteiger partial charge in [-0.1, -0.05) is 11.6 Å². The van der Waals surface area contributed by atoms with Gasteiger partial charge in [0.05, 0.1) is 13.2 Å². The highest BCUT2D eigenvalue weighted by molar-refractivity contribution is 5.98. The third-order valence-electron chi connectivity index (χ3n) is 2.81. The molecule has 0 N–H and O–H groups in total. The summed E-state index contributed by atoms with van der Waals surface area (Å²) in [6, 6.07) is 6.56. The smallest absolute Gasteiger partial charge is 0.348 e. The van der Waals surface area contributed by atoms with E-state index in [9.17, 15) is 9.59 Å². The third kappa shape index (κ3) is 6.51. The van der Waals surface area contributed by atoms with Crippen LogP contribution in [0.1, 0.15) is 33.3 Å². The van der Waals surface area contributed by atoms with Crippen LogP contribution in [-0.4, -0.2) is 25.2 Å². The maximum atomic E-state index is 11.8. The highest BCUT2D eigenvalue weighted by Crippen LogP contribution is 2.29. The zero-order chi connectivity index (χ0) is 18.8. The quantitative estimate of drug-likeness (QED) is 0.326. The molecule has 0 fully saturated rings. The van der Waals surface area contributed by atoms with Crippen molar-refractivity contribution >= 4 is 18.0 Å². The number of hydrogen-bond acceptors (Lipinski definition) is 6. The van der Waals surface area contributed by atoms with E-state index in [1.54, 1.807) is 45.9 Å². The number of esters is 2. The monoisotopic (exact) mass is 343 g/mol. The highest BCUT2D eigenvalue weighted by atomic mass is 16.6. The van der Waals surface area contributed by atoms with Crippen LogP contribution in [0.2, 0.25) is 0 Å². The second-order valence-electron chi connectivity index (χ2n) is 5.17. The fraction of sp³-hybridized carbons (Fsp3) is 0.316. The summed E-state index contributed by atoms with van der Waals surface area (Å²) in [5.41, 5.74) is 1.24. The van der Waals surface area contributed by atoms with Crippen molar-refractivity contribution in [1.29, 1.82) is 5.26 Å². The van der Waals surface area contributed by atoms with Crippen molar-refractivity contribution < 1.29 is 23.8 Å². The van der Waals surface area contributed by atoms with Crippen LogP contribution in [0, 0.1) is 11.3 Å². The average Bonchev–Trinajstić information content (AvgIpc) is 2.54. The van der Waals surface area contributed by atoms with Crippen molar-refractivity contribution in [2.75, 3.05) is 13.2 Å². The zero-order valence-corrected chi connectivity index (χ0v) is 14.8. The molecule has 0 amide bonds. The SMILES string of the molecule is CCOC(=O)C(C#N)=Cc1ccc(OC(=O)C=C(C)C)c(OCC)c1. The molecule has 25 heavy (non-hydrogen) atoms. The molecule has 0 heterocycles. The van der Waals surface area contributed by atoms with Gasteiger partial charge in [0.25, 0.3) is 0 Å². The Hall–Kier alpha value is -3.07. The van der Waals surface area contributed by atoms with E-state index in [0.29, 0.717) is 17.9 Å². The normalized spacial score (nSPS) is 10.4. The van der Waals surface area contributed by atoms with E-state index in [2.05, 4.69) is 0 Å². The molecular weight excluding hydrogens is 322 g/mol. The van der Waals surface area contributed by atoms with Gasteiger partial charge < -0.3 is 14.2 Å². The number of carbonyl (C=O) groups is 2. The van der Waals surface area contributed by atoms with Crippen LogP contribution in [0.4, 0.5) is 0 Å². The maximum Gasteiger partial charge on any atom is 0.348 e. The molecule has 0 aliphatic carbocycles. The average molecular weight is 343 g/mol. The van der Waals surface area contributed by atoms with Crippen LogP contribution >= 0.6 is 0 Å². The molecular formula is C19H21NO5. The molecule has 1 aromatic carbocycles.